The number of rotatable bonds is 7. The van der Waals surface area contributed by atoms with Gasteiger partial charge in [-0.3, -0.25) is 14.4 Å². The smallest absolute Gasteiger partial charge is 0.242 e. The second-order valence-electron chi connectivity index (χ2n) is 8.56. The number of fused-ring (bicyclic) bond motifs is 1. The van der Waals surface area contributed by atoms with Crippen molar-refractivity contribution in [3.63, 3.8) is 0 Å². The lowest BCUT2D eigenvalue weighted by Gasteiger charge is -2.17. The van der Waals surface area contributed by atoms with Gasteiger partial charge in [-0.05, 0) is 29.8 Å². The van der Waals surface area contributed by atoms with Crippen molar-refractivity contribution in [3.8, 4) is 0 Å². The van der Waals surface area contributed by atoms with Gasteiger partial charge in [0.2, 0.25) is 17.7 Å². The number of nitrogens with one attached hydrogen (secondary N) is 2. The Balaban J connectivity index is 1.26. The molecule has 35 heavy (non-hydrogen) atoms. The monoisotopic (exact) mass is 509 g/mol. The summed E-state index contributed by atoms with van der Waals surface area (Å²) in [5, 5.41) is 11.1. The molecule has 2 aliphatic rings. The minimum atomic E-state index is -0.502. The second-order valence-corrected chi connectivity index (χ2v) is 9.98. The highest BCUT2D eigenvalue weighted by atomic mass is 35.5. The van der Waals surface area contributed by atoms with Crippen LogP contribution in [0.1, 0.15) is 23.2 Å². The van der Waals surface area contributed by atoms with Crippen molar-refractivity contribution in [1.82, 2.24) is 15.1 Å². The first-order valence-electron chi connectivity index (χ1n) is 11.3. The van der Waals surface area contributed by atoms with E-state index in [0.717, 1.165) is 28.3 Å². The Morgan fingerprint density at radius 3 is 2.63 bits per heavy atom. The summed E-state index contributed by atoms with van der Waals surface area (Å²) in [6.45, 7) is 0.707. The molecule has 2 aliphatic heterocycles. The molecular formula is C25H24ClN5O3S. The highest BCUT2D eigenvalue weighted by Crippen LogP contribution is 2.35. The third kappa shape index (κ3) is 5.21. The molecule has 180 valence electrons. The molecule has 2 aromatic carbocycles. The summed E-state index contributed by atoms with van der Waals surface area (Å²) in [5.41, 5.74) is 3.54. The van der Waals surface area contributed by atoms with Gasteiger partial charge in [0.15, 0.2) is 0 Å². The van der Waals surface area contributed by atoms with Crippen molar-refractivity contribution >= 4 is 52.6 Å². The molecule has 0 aliphatic carbocycles. The maximum atomic E-state index is 13.2. The molecular weight excluding hydrogens is 486 g/mol. The van der Waals surface area contributed by atoms with Crippen molar-refractivity contribution < 1.29 is 14.4 Å². The SMILES string of the molecule is O=C(Cn1nc2c(c1NC(=O)C1CC(=O)N(c3ccc(Cl)cc3)C1)CSC2)NCc1ccccc1. The van der Waals surface area contributed by atoms with E-state index >= 15 is 0 Å². The number of anilines is 2. The third-order valence-corrected chi connectivity index (χ3v) is 7.34. The molecule has 1 unspecified atom stereocenters. The first-order valence-corrected chi connectivity index (χ1v) is 12.8. The van der Waals surface area contributed by atoms with E-state index in [1.54, 1.807) is 45.6 Å². The number of thioether (sulfide) groups is 1. The van der Waals surface area contributed by atoms with E-state index in [1.807, 2.05) is 30.3 Å². The van der Waals surface area contributed by atoms with E-state index < -0.39 is 5.92 Å². The van der Waals surface area contributed by atoms with Crippen LogP contribution in [-0.2, 0) is 39.0 Å². The molecule has 1 fully saturated rings. The average molecular weight is 510 g/mol. The van der Waals surface area contributed by atoms with Crippen LogP contribution in [0.25, 0.3) is 0 Å². The predicted octanol–water partition coefficient (Wildman–Crippen LogP) is 3.59. The number of hydrogen-bond acceptors (Lipinski definition) is 5. The van der Waals surface area contributed by atoms with Gasteiger partial charge >= 0.3 is 0 Å². The fourth-order valence-corrected chi connectivity index (χ4v) is 5.44. The van der Waals surface area contributed by atoms with Gasteiger partial charge in [0.1, 0.15) is 12.4 Å². The summed E-state index contributed by atoms with van der Waals surface area (Å²) in [7, 11) is 0. The van der Waals surface area contributed by atoms with Crippen molar-refractivity contribution in [2.45, 2.75) is 31.0 Å². The van der Waals surface area contributed by atoms with Gasteiger partial charge in [-0.1, -0.05) is 41.9 Å². The predicted molar refractivity (Wildman–Crippen MR) is 136 cm³/mol. The zero-order valence-electron chi connectivity index (χ0n) is 18.9. The van der Waals surface area contributed by atoms with Crippen LogP contribution in [0.4, 0.5) is 11.5 Å². The first kappa shape index (κ1) is 23.4. The Kier molecular flexibility index (Phi) is 6.79. The van der Waals surface area contributed by atoms with Crippen LogP contribution < -0.4 is 15.5 Å². The summed E-state index contributed by atoms with van der Waals surface area (Å²) in [4.78, 5) is 40.0. The fourth-order valence-electron chi connectivity index (χ4n) is 4.28. The summed E-state index contributed by atoms with van der Waals surface area (Å²) in [5.74, 6) is 0.950. The Hall–Kier alpha value is -3.30. The number of aromatic nitrogens is 2. The number of halogens is 1. The zero-order chi connectivity index (χ0) is 24.4. The van der Waals surface area contributed by atoms with E-state index in [4.69, 9.17) is 11.6 Å². The molecule has 1 saturated heterocycles. The second kappa shape index (κ2) is 10.1. The number of hydrogen-bond donors (Lipinski definition) is 2. The number of amides is 3. The molecule has 2 N–H and O–H groups in total. The molecule has 0 spiro atoms. The normalized spacial score (nSPS) is 16.9. The highest BCUT2D eigenvalue weighted by Gasteiger charge is 2.36. The van der Waals surface area contributed by atoms with Gasteiger partial charge in [0, 0.05) is 47.3 Å². The average Bonchev–Trinajstić information content (AvgIpc) is 3.55. The first-order chi connectivity index (χ1) is 17.0. The maximum absolute atomic E-state index is 13.2. The van der Waals surface area contributed by atoms with Gasteiger partial charge in [0.25, 0.3) is 0 Å². The quantitative estimate of drug-likeness (QED) is 0.507. The van der Waals surface area contributed by atoms with Crippen LogP contribution in [0.2, 0.25) is 5.02 Å². The number of nitrogens with zero attached hydrogens (tertiary/aromatic N) is 3. The van der Waals surface area contributed by atoms with Gasteiger partial charge < -0.3 is 15.5 Å². The molecule has 0 saturated carbocycles. The summed E-state index contributed by atoms with van der Waals surface area (Å²) in [6, 6.07) is 16.7. The van der Waals surface area contributed by atoms with Gasteiger partial charge in [-0.25, -0.2) is 4.68 Å². The minimum Gasteiger partial charge on any atom is -0.350 e. The standard InChI is InChI=1S/C25H24ClN5O3S/c26-18-6-8-19(9-7-18)30-12-17(10-23(30)33)25(34)28-24-20-14-35-15-21(20)29-31(24)13-22(32)27-11-16-4-2-1-3-5-16/h1-9,17H,10-15H2,(H,27,32)(H,28,34). The summed E-state index contributed by atoms with van der Waals surface area (Å²) >= 11 is 7.67. The lowest BCUT2D eigenvalue weighted by molar-refractivity contribution is -0.122. The van der Waals surface area contributed by atoms with E-state index in [2.05, 4.69) is 15.7 Å². The summed E-state index contributed by atoms with van der Waals surface area (Å²) in [6.07, 6.45) is 0.122. The summed E-state index contributed by atoms with van der Waals surface area (Å²) < 4.78 is 1.57. The zero-order valence-corrected chi connectivity index (χ0v) is 20.4. The molecule has 0 radical (unpaired) electrons. The van der Waals surface area contributed by atoms with Gasteiger partial charge in [-0.2, -0.15) is 16.9 Å². The van der Waals surface area contributed by atoms with Crippen LogP contribution >= 0.6 is 23.4 Å². The molecule has 8 nitrogen and oxygen atoms in total. The molecule has 0 bridgehead atoms. The number of carbonyl (C=O) groups excluding carboxylic acids is 3. The van der Waals surface area contributed by atoms with Crippen molar-refractivity contribution in [2.24, 2.45) is 5.92 Å². The molecule has 3 heterocycles. The Labute approximate surface area is 212 Å². The highest BCUT2D eigenvalue weighted by molar-refractivity contribution is 7.98. The van der Waals surface area contributed by atoms with Crippen LogP contribution in [-0.4, -0.2) is 34.0 Å². The van der Waals surface area contributed by atoms with E-state index in [1.165, 1.54) is 0 Å². The fraction of sp³-hybridized carbons (Fsp3) is 0.280. The Morgan fingerprint density at radius 2 is 1.86 bits per heavy atom. The Bertz CT molecular complexity index is 1260. The topological polar surface area (TPSA) is 96.3 Å². The van der Waals surface area contributed by atoms with Crippen molar-refractivity contribution in [2.75, 3.05) is 16.8 Å². The molecule has 10 heteroatoms. The van der Waals surface area contributed by atoms with Crippen molar-refractivity contribution in [1.29, 1.82) is 0 Å². The van der Waals surface area contributed by atoms with Crippen LogP contribution in [0.5, 0.6) is 0 Å². The van der Waals surface area contributed by atoms with Crippen LogP contribution in [0.15, 0.2) is 54.6 Å². The van der Waals surface area contributed by atoms with Crippen LogP contribution in [0, 0.1) is 5.92 Å². The molecule has 5 rings (SSSR count). The molecule has 3 aromatic rings. The lowest BCUT2D eigenvalue weighted by Crippen LogP contribution is -2.31. The van der Waals surface area contributed by atoms with Gasteiger partial charge in [0.05, 0.1) is 11.6 Å². The minimum absolute atomic E-state index is 0.000606. The molecule has 3 amide bonds. The largest absolute Gasteiger partial charge is 0.350 e. The van der Waals surface area contributed by atoms with E-state index in [-0.39, 0.29) is 37.2 Å². The van der Waals surface area contributed by atoms with E-state index in [9.17, 15) is 14.4 Å². The lowest BCUT2D eigenvalue weighted by atomic mass is 10.1. The number of carbonyl (C=O) groups is 3. The maximum Gasteiger partial charge on any atom is 0.242 e. The van der Waals surface area contributed by atoms with Gasteiger partial charge in [-0.15, -0.1) is 0 Å². The van der Waals surface area contributed by atoms with E-state index in [0.29, 0.717) is 23.1 Å². The molecule has 1 atom stereocenters. The molecule has 1 aromatic heterocycles. The Morgan fingerprint density at radius 1 is 1.09 bits per heavy atom. The van der Waals surface area contributed by atoms with Crippen molar-refractivity contribution in [3.05, 3.63) is 76.4 Å². The number of benzene rings is 2. The third-order valence-electron chi connectivity index (χ3n) is 6.12. The van der Waals surface area contributed by atoms with Crippen LogP contribution in [0.3, 0.4) is 0 Å².